The fourth-order valence-corrected chi connectivity index (χ4v) is 2.81. The Morgan fingerprint density at radius 2 is 1.83 bits per heavy atom. The van der Waals surface area contributed by atoms with Gasteiger partial charge in [-0.3, -0.25) is 14.5 Å². The molecule has 1 aromatic heterocycles. The summed E-state index contributed by atoms with van der Waals surface area (Å²) in [5.41, 5.74) is 1.63. The minimum Gasteiger partial charge on any atom is -0.453 e. The van der Waals surface area contributed by atoms with Crippen molar-refractivity contribution in [3.63, 3.8) is 0 Å². The molecule has 0 saturated carbocycles. The highest BCUT2D eigenvalue weighted by Gasteiger charge is 2.14. The number of piperidine rings is 1. The third-order valence-electron chi connectivity index (χ3n) is 4.01. The smallest absolute Gasteiger partial charge is 0.238 e. The van der Waals surface area contributed by atoms with Gasteiger partial charge in [0.1, 0.15) is 5.76 Å². The van der Waals surface area contributed by atoms with Gasteiger partial charge in [0.2, 0.25) is 5.91 Å². The molecule has 1 aliphatic rings. The lowest BCUT2D eigenvalue weighted by atomic mass is 10.1. The lowest BCUT2D eigenvalue weighted by Crippen LogP contribution is -2.36. The lowest BCUT2D eigenvalue weighted by Gasteiger charge is -2.25. The molecule has 0 atom stereocenters. The predicted octanol–water partition coefficient (Wildman–Crippen LogP) is 3.18. The van der Waals surface area contributed by atoms with Crippen LogP contribution in [-0.4, -0.2) is 36.7 Å². The second-order valence-corrected chi connectivity index (χ2v) is 5.78. The number of benzene rings is 1. The number of furan rings is 1. The molecule has 0 radical (unpaired) electrons. The van der Waals surface area contributed by atoms with Gasteiger partial charge < -0.3 is 9.73 Å². The maximum atomic E-state index is 12.1. The Morgan fingerprint density at radius 3 is 2.48 bits per heavy atom. The van der Waals surface area contributed by atoms with E-state index in [1.807, 2.05) is 24.3 Å². The molecule has 2 heterocycles. The molecule has 1 saturated heterocycles. The monoisotopic (exact) mass is 312 g/mol. The number of nitrogens with zero attached hydrogens (tertiary/aromatic N) is 1. The number of nitrogens with one attached hydrogen (secondary N) is 1. The Kier molecular flexibility index (Phi) is 4.88. The number of hydrogen-bond donors (Lipinski definition) is 1. The van der Waals surface area contributed by atoms with Crippen LogP contribution in [0.15, 0.2) is 40.8 Å². The number of rotatable bonds is 5. The average Bonchev–Trinajstić information content (AvgIpc) is 3.05. The molecule has 0 unspecified atom stereocenters. The van der Waals surface area contributed by atoms with E-state index in [0.717, 1.165) is 24.3 Å². The summed E-state index contributed by atoms with van der Waals surface area (Å²) in [6, 6.07) is 10.8. The molecule has 2 aromatic rings. The summed E-state index contributed by atoms with van der Waals surface area (Å²) >= 11 is 0. The number of amides is 1. The maximum Gasteiger partial charge on any atom is 0.238 e. The Balaban J connectivity index is 1.58. The average molecular weight is 312 g/mol. The Labute approximate surface area is 135 Å². The van der Waals surface area contributed by atoms with E-state index in [-0.39, 0.29) is 5.91 Å². The van der Waals surface area contributed by atoms with Gasteiger partial charge in [0.15, 0.2) is 12.0 Å². The molecule has 1 amide bonds. The first kappa shape index (κ1) is 15.5. The number of anilines is 1. The van der Waals surface area contributed by atoms with Gasteiger partial charge in [-0.25, -0.2) is 0 Å². The van der Waals surface area contributed by atoms with Crippen LogP contribution in [-0.2, 0) is 4.79 Å². The molecule has 1 fully saturated rings. The number of aldehydes is 1. The molecule has 5 heteroatoms. The maximum absolute atomic E-state index is 12.1. The SMILES string of the molecule is O=Cc1ccc(-c2ccc(NC(=O)CN3CCCCC3)cc2)o1. The first-order chi connectivity index (χ1) is 11.2. The molecule has 0 spiro atoms. The predicted molar refractivity (Wildman–Crippen MR) is 88.5 cm³/mol. The number of carbonyl (C=O) groups is 2. The molecule has 5 nitrogen and oxygen atoms in total. The van der Waals surface area contributed by atoms with Crippen LogP contribution in [0.1, 0.15) is 29.8 Å². The minimum absolute atomic E-state index is 0.0147. The van der Waals surface area contributed by atoms with E-state index in [2.05, 4.69) is 10.2 Å². The van der Waals surface area contributed by atoms with Gasteiger partial charge in [0, 0.05) is 11.3 Å². The van der Waals surface area contributed by atoms with Crippen LogP contribution in [0, 0.1) is 0 Å². The van der Waals surface area contributed by atoms with E-state index in [9.17, 15) is 9.59 Å². The van der Waals surface area contributed by atoms with Crippen molar-refractivity contribution in [1.29, 1.82) is 0 Å². The van der Waals surface area contributed by atoms with Crippen LogP contribution in [0.25, 0.3) is 11.3 Å². The number of likely N-dealkylation sites (tertiary alicyclic amines) is 1. The van der Waals surface area contributed by atoms with Crippen LogP contribution in [0.3, 0.4) is 0 Å². The third kappa shape index (κ3) is 4.07. The van der Waals surface area contributed by atoms with Crippen molar-refractivity contribution in [3.05, 3.63) is 42.2 Å². The van der Waals surface area contributed by atoms with E-state index in [4.69, 9.17) is 4.42 Å². The lowest BCUT2D eigenvalue weighted by molar-refractivity contribution is -0.117. The normalized spacial score (nSPS) is 15.3. The van der Waals surface area contributed by atoms with Gasteiger partial charge >= 0.3 is 0 Å². The van der Waals surface area contributed by atoms with Crippen molar-refractivity contribution in [1.82, 2.24) is 4.90 Å². The van der Waals surface area contributed by atoms with Crippen molar-refractivity contribution in [2.24, 2.45) is 0 Å². The first-order valence-corrected chi connectivity index (χ1v) is 7.92. The van der Waals surface area contributed by atoms with Crippen LogP contribution in [0.2, 0.25) is 0 Å². The highest BCUT2D eigenvalue weighted by atomic mass is 16.3. The Morgan fingerprint density at radius 1 is 1.09 bits per heavy atom. The van der Waals surface area contributed by atoms with Crippen molar-refractivity contribution < 1.29 is 14.0 Å². The molecule has 1 aromatic carbocycles. The quantitative estimate of drug-likeness (QED) is 0.861. The van der Waals surface area contributed by atoms with E-state index >= 15 is 0 Å². The van der Waals surface area contributed by atoms with Gasteiger partial charge in [-0.15, -0.1) is 0 Å². The molecule has 23 heavy (non-hydrogen) atoms. The van der Waals surface area contributed by atoms with Crippen LogP contribution in [0.4, 0.5) is 5.69 Å². The highest BCUT2D eigenvalue weighted by Crippen LogP contribution is 2.23. The summed E-state index contributed by atoms with van der Waals surface area (Å²) in [4.78, 5) is 24.9. The summed E-state index contributed by atoms with van der Waals surface area (Å²) in [7, 11) is 0. The minimum atomic E-state index is 0.0147. The fourth-order valence-electron chi connectivity index (χ4n) is 2.81. The van der Waals surface area contributed by atoms with Gasteiger partial charge in [-0.2, -0.15) is 0 Å². The number of hydrogen-bond acceptors (Lipinski definition) is 4. The molecular weight excluding hydrogens is 292 g/mol. The van der Waals surface area contributed by atoms with Crippen LogP contribution < -0.4 is 5.32 Å². The standard InChI is InChI=1S/C18H20N2O3/c21-13-16-8-9-17(23-16)14-4-6-15(7-5-14)19-18(22)12-20-10-2-1-3-11-20/h4-9,13H,1-3,10-12H2,(H,19,22). The van der Waals surface area contributed by atoms with E-state index in [1.165, 1.54) is 19.3 Å². The molecule has 3 rings (SSSR count). The molecule has 0 bridgehead atoms. The van der Waals surface area contributed by atoms with E-state index in [1.54, 1.807) is 12.1 Å². The van der Waals surface area contributed by atoms with Crippen molar-refractivity contribution in [2.45, 2.75) is 19.3 Å². The zero-order valence-corrected chi connectivity index (χ0v) is 13.0. The second-order valence-electron chi connectivity index (χ2n) is 5.78. The summed E-state index contributed by atoms with van der Waals surface area (Å²) < 4.78 is 5.38. The van der Waals surface area contributed by atoms with Gasteiger partial charge in [0.05, 0.1) is 6.54 Å². The van der Waals surface area contributed by atoms with Crippen molar-refractivity contribution in [2.75, 3.05) is 25.0 Å². The molecule has 1 N–H and O–H groups in total. The van der Waals surface area contributed by atoms with E-state index < -0.39 is 0 Å². The van der Waals surface area contributed by atoms with Crippen molar-refractivity contribution >= 4 is 17.9 Å². The van der Waals surface area contributed by atoms with Gasteiger partial charge in [0.25, 0.3) is 0 Å². The fraction of sp³-hybridized carbons (Fsp3) is 0.333. The molecule has 120 valence electrons. The van der Waals surface area contributed by atoms with E-state index in [0.29, 0.717) is 24.4 Å². The third-order valence-corrected chi connectivity index (χ3v) is 4.01. The molecular formula is C18H20N2O3. The summed E-state index contributed by atoms with van der Waals surface area (Å²) in [6.45, 7) is 2.45. The zero-order chi connectivity index (χ0) is 16.1. The zero-order valence-electron chi connectivity index (χ0n) is 13.0. The van der Waals surface area contributed by atoms with Gasteiger partial charge in [-0.1, -0.05) is 6.42 Å². The van der Waals surface area contributed by atoms with Crippen molar-refractivity contribution in [3.8, 4) is 11.3 Å². The molecule has 0 aliphatic carbocycles. The largest absolute Gasteiger partial charge is 0.453 e. The van der Waals surface area contributed by atoms with Crippen LogP contribution in [0.5, 0.6) is 0 Å². The summed E-state index contributed by atoms with van der Waals surface area (Å²) in [6.07, 6.45) is 4.29. The summed E-state index contributed by atoms with van der Waals surface area (Å²) in [5, 5.41) is 2.92. The number of carbonyl (C=O) groups excluding carboxylic acids is 2. The molecule has 1 aliphatic heterocycles. The second kappa shape index (κ2) is 7.24. The Hall–Kier alpha value is -2.40. The Bertz CT molecular complexity index is 670. The first-order valence-electron chi connectivity index (χ1n) is 7.92. The topological polar surface area (TPSA) is 62.6 Å². The van der Waals surface area contributed by atoms with Crippen LogP contribution >= 0.6 is 0 Å². The highest BCUT2D eigenvalue weighted by molar-refractivity contribution is 5.92. The van der Waals surface area contributed by atoms with Gasteiger partial charge in [-0.05, 0) is 62.3 Å². The summed E-state index contributed by atoms with van der Waals surface area (Å²) in [5.74, 6) is 0.957.